The van der Waals surface area contributed by atoms with Gasteiger partial charge in [-0.2, -0.15) is 0 Å². The van der Waals surface area contributed by atoms with E-state index in [0.717, 1.165) is 0 Å². The van der Waals surface area contributed by atoms with E-state index in [0.29, 0.717) is 25.3 Å². The van der Waals surface area contributed by atoms with Crippen molar-refractivity contribution >= 4 is 17.7 Å². The molecule has 0 saturated carbocycles. The first-order chi connectivity index (χ1) is 11.3. The van der Waals surface area contributed by atoms with Crippen molar-refractivity contribution < 1.29 is 19.1 Å². The summed E-state index contributed by atoms with van der Waals surface area (Å²) in [5.41, 5.74) is -0.206. The van der Waals surface area contributed by atoms with Gasteiger partial charge in [-0.05, 0) is 27.2 Å². The fourth-order valence-corrected chi connectivity index (χ4v) is 2.76. The van der Waals surface area contributed by atoms with Crippen LogP contribution in [0.25, 0.3) is 0 Å². The Morgan fingerprint density at radius 1 is 1.38 bits per heavy atom. The molecule has 0 radical (unpaired) electrons. The Morgan fingerprint density at radius 3 is 2.71 bits per heavy atom. The second-order valence-corrected chi connectivity index (χ2v) is 6.27. The van der Waals surface area contributed by atoms with Crippen LogP contribution in [0.4, 0.5) is 5.82 Å². The number of carbonyl (C=O) groups excluding carboxylic acids is 2. The number of esters is 1. The highest BCUT2D eigenvalue weighted by Gasteiger charge is 2.39. The molecule has 2 N–H and O–H groups in total. The van der Waals surface area contributed by atoms with Gasteiger partial charge in [0.2, 0.25) is 0 Å². The van der Waals surface area contributed by atoms with Gasteiger partial charge in [0, 0.05) is 19.5 Å². The number of ether oxygens (including phenoxy) is 2. The Kier molecular flexibility index (Phi) is 5.71. The summed E-state index contributed by atoms with van der Waals surface area (Å²) in [6.45, 7) is 5.97. The van der Waals surface area contributed by atoms with Gasteiger partial charge in [-0.15, -0.1) is 0 Å². The van der Waals surface area contributed by atoms with E-state index >= 15 is 0 Å². The summed E-state index contributed by atoms with van der Waals surface area (Å²) < 4.78 is 10.9. The molecule has 1 aromatic heterocycles. The van der Waals surface area contributed by atoms with E-state index in [9.17, 15) is 9.59 Å². The minimum atomic E-state index is -0.607. The first-order valence-corrected chi connectivity index (χ1v) is 7.99. The summed E-state index contributed by atoms with van der Waals surface area (Å²) in [5, 5.41) is 5.75. The molecule has 2 atom stereocenters. The van der Waals surface area contributed by atoms with Gasteiger partial charge in [-0.25, -0.2) is 14.8 Å². The number of aromatic nitrogens is 2. The van der Waals surface area contributed by atoms with Gasteiger partial charge in [0.1, 0.15) is 11.5 Å². The molecule has 132 valence electrons. The Hall–Kier alpha value is -2.22. The largest absolute Gasteiger partial charge is 0.464 e. The van der Waals surface area contributed by atoms with E-state index in [-0.39, 0.29) is 23.6 Å². The summed E-state index contributed by atoms with van der Waals surface area (Å²) in [6.07, 6.45) is 3.51. The lowest BCUT2D eigenvalue weighted by Gasteiger charge is -2.39. The minimum Gasteiger partial charge on any atom is -0.464 e. The molecule has 1 saturated heterocycles. The molecule has 1 amide bonds. The predicted molar refractivity (Wildman–Crippen MR) is 87.7 cm³/mol. The van der Waals surface area contributed by atoms with E-state index in [4.69, 9.17) is 9.47 Å². The van der Waals surface area contributed by atoms with E-state index in [1.165, 1.54) is 19.4 Å². The van der Waals surface area contributed by atoms with Crippen LogP contribution in [0.5, 0.6) is 0 Å². The van der Waals surface area contributed by atoms with Gasteiger partial charge in [0.15, 0.2) is 6.10 Å². The van der Waals surface area contributed by atoms with E-state index in [2.05, 4.69) is 20.6 Å². The van der Waals surface area contributed by atoms with Gasteiger partial charge in [0.25, 0.3) is 5.91 Å². The number of hydrogen-bond donors (Lipinski definition) is 2. The molecular weight excluding hydrogens is 312 g/mol. The maximum absolute atomic E-state index is 12.0. The summed E-state index contributed by atoms with van der Waals surface area (Å²) >= 11 is 0. The second-order valence-electron chi connectivity index (χ2n) is 6.27. The first-order valence-electron chi connectivity index (χ1n) is 7.99. The normalized spacial score (nSPS) is 22.5. The van der Waals surface area contributed by atoms with Crippen molar-refractivity contribution in [1.82, 2.24) is 15.3 Å². The molecule has 2 heterocycles. The average Bonchev–Trinajstić information content (AvgIpc) is 2.53. The number of hydrogen-bond acceptors (Lipinski definition) is 7. The Labute approximate surface area is 141 Å². The molecule has 0 aromatic carbocycles. The second kappa shape index (κ2) is 7.57. The fourth-order valence-electron chi connectivity index (χ4n) is 2.76. The van der Waals surface area contributed by atoms with Crippen LogP contribution in [0.15, 0.2) is 12.4 Å². The summed E-state index contributed by atoms with van der Waals surface area (Å²) in [4.78, 5) is 31.7. The van der Waals surface area contributed by atoms with Crippen molar-refractivity contribution in [3.63, 3.8) is 0 Å². The number of rotatable bonds is 5. The van der Waals surface area contributed by atoms with Crippen LogP contribution in [0.3, 0.4) is 0 Å². The zero-order valence-corrected chi connectivity index (χ0v) is 14.5. The third-order valence-corrected chi connectivity index (χ3v) is 3.71. The van der Waals surface area contributed by atoms with Crippen LogP contribution < -0.4 is 10.6 Å². The topological polar surface area (TPSA) is 102 Å². The molecule has 8 heteroatoms. The first kappa shape index (κ1) is 18.1. The van der Waals surface area contributed by atoms with E-state index in [1.54, 1.807) is 6.92 Å². The molecule has 0 bridgehead atoms. The number of nitrogens with zero attached hydrogens (tertiary/aromatic N) is 2. The molecule has 1 fully saturated rings. The van der Waals surface area contributed by atoms with Gasteiger partial charge in [-0.3, -0.25) is 4.79 Å². The predicted octanol–water partition coefficient (Wildman–Crippen LogP) is 1.14. The van der Waals surface area contributed by atoms with Gasteiger partial charge in [-0.1, -0.05) is 0 Å². The quantitative estimate of drug-likeness (QED) is 0.777. The number of carbonyl (C=O) groups is 2. The van der Waals surface area contributed by atoms with Crippen LogP contribution in [0, 0.1) is 0 Å². The van der Waals surface area contributed by atoms with E-state index < -0.39 is 11.7 Å². The van der Waals surface area contributed by atoms with Crippen LogP contribution in [0.1, 0.15) is 44.1 Å². The lowest BCUT2D eigenvalue weighted by atomic mass is 9.90. The van der Waals surface area contributed by atoms with Crippen molar-refractivity contribution in [2.24, 2.45) is 0 Å². The summed E-state index contributed by atoms with van der Waals surface area (Å²) in [5.74, 6) is -0.0882. The molecular formula is C16H24N4O4. The van der Waals surface area contributed by atoms with Crippen molar-refractivity contribution in [2.75, 3.05) is 19.0 Å². The third-order valence-electron chi connectivity index (χ3n) is 3.71. The van der Waals surface area contributed by atoms with Crippen LogP contribution in [-0.4, -0.2) is 53.2 Å². The highest BCUT2D eigenvalue weighted by atomic mass is 16.6. The van der Waals surface area contributed by atoms with Crippen LogP contribution in [-0.2, 0) is 14.3 Å². The molecule has 0 unspecified atom stereocenters. The highest BCUT2D eigenvalue weighted by molar-refractivity contribution is 5.91. The fraction of sp³-hybridized carbons (Fsp3) is 0.625. The molecule has 1 aromatic rings. The lowest BCUT2D eigenvalue weighted by molar-refractivity contribution is -0.176. The maximum atomic E-state index is 12.0. The maximum Gasteiger partial charge on any atom is 0.335 e. The Bertz CT molecular complexity index is 588. The molecule has 0 aliphatic carbocycles. The number of amides is 1. The van der Waals surface area contributed by atoms with Gasteiger partial charge in [0.05, 0.1) is 24.6 Å². The standard InChI is InChI=1S/C16H24N4O4/c1-5-23-15(22)12-6-10(7-16(2,3)24-12)20-13-9-18-11(8-19-13)14(21)17-4/h8-10,12H,5-7H2,1-4H3,(H,17,21)(H,19,20)/t10-,12+/m1/s1. The highest BCUT2D eigenvalue weighted by Crippen LogP contribution is 2.30. The number of anilines is 1. The van der Waals surface area contributed by atoms with Gasteiger partial charge < -0.3 is 20.1 Å². The smallest absolute Gasteiger partial charge is 0.335 e. The zero-order chi connectivity index (χ0) is 17.7. The summed E-state index contributed by atoms with van der Waals surface area (Å²) in [7, 11) is 1.54. The Balaban J connectivity index is 2.04. The average molecular weight is 336 g/mol. The monoisotopic (exact) mass is 336 g/mol. The van der Waals surface area contributed by atoms with E-state index in [1.807, 2.05) is 13.8 Å². The van der Waals surface area contributed by atoms with Crippen molar-refractivity contribution in [2.45, 2.75) is 51.4 Å². The van der Waals surface area contributed by atoms with Crippen molar-refractivity contribution in [1.29, 1.82) is 0 Å². The molecule has 1 aliphatic heterocycles. The van der Waals surface area contributed by atoms with Crippen molar-refractivity contribution in [3.05, 3.63) is 18.1 Å². The van der Waals surface area contributed by atoms with Crippen LogP contribution in [0.2, 0.25) is 0 Å². The number of nitrogens with one attached hydrogen (secondary N) is 2. The Morgan fingerprint density at radius 2 is 2.12 bits per heavy atom. The molecule has 8 nitrogen and oxygen atoms in total. The molecule has 2 rings (SSSR count). The SMILES string of the molecule is CCOC(=O)[C@@H]1C[C@@H](Nc2cnc(C(=O)NC)cn2)CC(C)(C)O1. The lowest BCUT2D eigenvalue weighted by Crippen LogP contribution is -2.48. The third kappa shape index (κ3) is 4.64. The molecule has 0 spiro atoms. The van der Waals surface area contributed by atoms with Gasteiger partial charge >= 0.3 is 5.97 Å². The summed E-state index contributed by atoms with van der Waals surface area (Å²) in [6, 6.07) is -0.0108. The van der Waals surface area contributed by atoms with Crippen molar-refractivity contribution in [3.8, 4) is 0 Å². The zero-order valence-electron chi connectivity index (χ0n) is 14.5. The molecule has 1 aliphatic rings. The minimum absolute atomic E-state index is 0.0108. The molecule has 24 heavy (non-hydrogen) atoms. The van der Waals surface area contributed by atoms with Crippen LogP contribution >= 0.6 is 0 Å².